The van der Waals surface area contributed by atoms with Gasteiger partial charge in [0.1, 0.15) is 11.6 Å². The number of esters is 1. The molecule has 2 rings (SSSR count). The number of carbonyl (C=O) groups is 2. The zero-order chi connectivity index (χ0) is 19.9. The molecule has 0 aliphatic carbocycles. The molecule has 0 saturated carbocycles. The average Bonchev–Trinajstić information content (AvgIpc) is 3.01. The molecule has 0 spiro atoms. The number of fused-ring (bicyclic) bond motifs is 1. The number of hydrogen-bond acceptors (Lipinski definition) is 7. The minimum atomic E-state index is -0.723. The zero-order valence-electron chi connectivity index (χ0n) is 16.2. The predicted octanol–water partition coefficient (Wildman–Crippen LogP) is 3.94. The largest absolute Gasteiger partial charge is 0.458 e. The number of methoxy groups -OCH3 is 1. The third-order valence-electron chi connectivity index (χ3n) is 3.66. The molecule has 0 aliphatic rings. The summed E-state index contributed by atoms with van der Waals surface area (Å²) in [4.78, 5) is 28.3. The molecule has 7 nitrogen and oxygen atoms in total. The van der Waals surface area contributed by atoms with Gasteiger partial charge in [0.05, 0.1) is 17.3 Å². The first-order valence-electron chi connectivity index (χ1n) is 8.95. The Balaban J connectivity index is 1.79. The van der Waals surface area contributed by atoms with E-state index in [-0.39, 0.29) is 0 Å². The molecule has 1 amide bonds. The maximum atomic E-state index is 12.3. The fourth-order valence-corrected chi connectivity index (χ4v) is 3.33. The van der Waals surface area contributed by atoms with Crippen molar-refractivity contribution in [2.45, 2.75) is 51.7 Å². The van der Waals surface area contributed by atoms with Crippen molar-refractivity contribution in [3.05, 3.63) is 24.3 Å². The van der Waals surface area contributed by atoms with Crippen molar-refractivity contribution in [3.63, 3.8) is 0 Å². The molecule has 2 N–H and O–H groups in total. The van der Waals surface area contributed by atoms with Crippen molar-refractivity contribution in [2.75, 3.05) is 19.0 Å². The molecule has 0 saturated heterocycles. The number of unbranched alkanes of at least 4 members (excludes halogenated alkanes) is 1. The molecule has 148 valence electrons. The van der Waals surface area contributed by atoms with Crippen LogP contribution in [0.5, 0.6) is 0 Å². The van der Waals surface area contributed by atoms with Crippen molar-refractivity contribution in [1.82, 2.24) is 10.3 Å². The summed E-state index contributed by atoms with van der Waals surface area (Å²) in [6.45, 7) is 6.12. The number of aromatic nitrogens is 1. The molecule has 0 aliphatic heterocycles. The quantitative estimate of drug-likeness (QED) is 0.521. The van der Waals surface area contributed by atoms with Gasteiger partial charge in [-0.05, 0) is 52.2 Å². The standard InChI is InChI=1S/C19H27N3O4S/c1-19(2,3)26-16(23)14(22-18(24)25-4)10-7-8-12-20-17-21-13-9-5-6-11-15(13)27-17/h5-6,9,11,14H,7-8,10,12H2,1-4H3,(H,20,21)(H,22,24). The van der Waals surface area contributed by atoms with E-state index in [0.29, 0.717) is 6.42 Å². The van der Waals surface area contributed by atoms with Gasteiger partial charge in [-0.15, -0.1) is 0 Å². The summed E-state index contributed by atoms with van der Waals surface area (Å²) in [5.74, 6) is -0.452. The summed E-state index contributed by atoms with van der Waals surface area (Å²) in [7, 11) is 1.27. The van der Waals surface area contributed by atoms with Crippen LogP contribution in [0.1, 0.15) is 40.0 Å². The molecule has 0 bridgehead atoms. The number of rotatable bonds is 8. The Morgan fingerprint density at radius 1 is 1.22 bits per heavy atom. The van der Waals surface area contributed by atoms with Crippen LogP contribution in [0.2, 0.25) is 0 Å². The molecule has 27 heavy (non-hydrogen) atoms. The van der Waals surface area contributed by atoms with Crippen molar-refractivity contribution >= 4 is 38.7 Å². The lowest BCUT2D eigenvalue weighted by Gasteiger charge is -2.24. The van der Waals surface area contributed by atoms with E-state index in [9.17, 15) is 9.59 Å². The Morgan fingerprint density at radius 3 is 2.63 bits per heavy atom. The number of nitrogens with zero attached hydrogens (tertiary/aromatic N) is 1. The number of nitrogens with one attached hydrogen (secondary N) is 2. The highest BCUT2D eigenvalue weighted by Gasteiger charge is 2.26. The molecule has 1 atom stereocenters. The number of thiazole rings is 1. The highest BCUT2D eigenvalue weighted by Crippen LogP contribution is 2.25. The summed E-state index contributed by atoms with van der Waals surface area (Å²) in [6, 6.07) is 7.27. The van der Waals surface area contributed by atoms with Gasteiger partial charge in [0.15, 0.2) is 5.13 Å². The highest BCUT2D eigenvalue weighted by atomic mass is 32.1. The number of amides is 1. The summed E-state index contributed by atoms with van der Waals surface area (Å²) >= 11 is 1.61. The van der Waals surface area contributed by atoms with Crippen LogP contribution in [-0.2, 0) is 14.3 Å². The van der Waals surface area contributed by atoms with Gasteiger partial charge in [0.2, 0.25) is 0 Å². The Hall–Kier alpha value is -2.35. The number of para-hydroxylation sites is 1. The van der Waals surface area contributed by atoms with Crippen LogP contribution >= 0.6 is 11.3 Å². The van der Waals surface area contributed by atoms with Crippen LogP contribution in [0, 0.1) is 0 Å². The monoisotopic (exact) mass is 393 g/mol. The van der Waals surface area contributed by atoms with E-state index in [2.05, 4.69) is 20.4 Å². The second-order valence-corrected chi connectivity index (χ2v) is 8.16. The van der Waals surface area contributed by atoms with E-state index in [4.69, 9.17) is 4.74 Å². The number of ether oxygens (including phenoxy) is 2. The van der Waals surface area contributed by atoms with E-state index in [1.165, 1.54) is 7.11 Å². The van der Waals surface area contributed by atoms with Gasteiger partial charge in [0.25, 0.3) is 0 Å². The predicted molar refractivity (Wildman–Crippen MR) is 107 cm³/mol. The summed E-state index contributed by atoms with van der Waals surface area (Å²) in [5, 5.41) is 6.74. The third-order valence-corrected chi connectivity index (χ3v) is 4.65. The lowest BCUT2D eigenvalue weighted by Crippen LogP contribution is -2.44. The second-order valence-electron chi connectivity index (χ2n) is 7.13. The van der Waals surface area contributed by atoms with Crippen LogP contribution in [0.25, 0.3) is 10.2 Å². The van der Waals surface area contributed by atoms with Crippen LogP contribution in [-0.4, -0.2) is 42.3 Å². The number of benzene rings is 1. The van der Waals surface area contributed by atoms with E-state index < -0.39 is 23.7 Å². The SMILES string of the molecule is COC(=O)NC(CCCCNc1nc2ccccc2s1)C(=O)OC(C)(C)C. The average molecular weight is 394 g/mol. The molecule has 8 heteroatoms. The molecule has 2 aromatic rings. The first-order valence-corrected chi connectivity index (χ1v) is 9.77. The van der Waals surface area contributed by atoms with Gasteiger partial charge in [-0.3, -0.25) is 0 Å². The first kappa shape index (κ1) is 21.0. The van der Waals surface area contributed by atoms with Crippen LogP contribution in [0.4, 0.5) is 9.93 Å². The molecule has 1 aromatic carbocycles. The van der Waals surface area contributed by atoms with Gasteiger partial charge in [-0.1, -0.05) is 23.5 Å². The van der Waals surface area contributed by atoms with E-state index in [1.807, 2.05) is 24.3 Å². The lowest BCUT2D eigenvalue weighted by molar-refractivity contribution is -0.157. The van der Waals surface area contributed by atoms with Crippen molar-refractivity contribution in [3.8, 4) is 0 Å². The van der Waals surface area contributed by atoms with Gasteiger partial charge in [-0.2, -0.15) is 0 Å². The Kier molecular flexibility index (Phi) is 7.41. The Bertz CT molecular complexity index is 737. The summed E-state index contributed by atoms with van der Waals surface area (Å²) in [5.41, 5.74) is 0.374. The molecule has 0 radical (unpaired) electrons. The topological polar surface area (TPSA) is 89.5 Å². The third kappa shape index (κ3) is 7.05. The molecule has 0 fully saturated rings. The van der Waals surface area contributed by atoms with Crippen molar-refractivity contribution < 1.29 is 19.1 Å². The van der Waals surface area contributed by atoms with Crippen LogP contribution in [0.15, 0.2) is 24.3 Å². The maximum Gasteiger partial charge on any atom is 0.407 e. The van der Waals surface area contributed by atoms with E-state index in [1.54, 1.807) is 32.1 Å². The molecular formula is C19H27N3O4S. The van der Waals surface area contributed by atoms with Gasteiger partial charge in [-0.25, -0.2) is 14.6 Å². The normalized spacial score (nSPS) is 12.4. The van der Waals surface area contributed by atoms with Crippen LogP contribution in [0.3, 0.4) is 0 Å². The molecule has 1 unspecified atom stereocenters. The molecule has 1 aromatic heterocycles. The number of hydrogen-bond donors (Lipinski definition) is 2. The lowest BCUT2D eigenvalue weighted by atomic mass is 10.1. The van der Waals surface area contributed by atoms with Gasteiger partial charge >= 0.3 is 12.1 Å². The fraction of sp³-hybridized carbons (Fsp3) is 0.526. The van der Waals surface area contributed by atoms with E-state index in [0.717, 1.165) is 34.7 Å². The summed E-state index contributed by atoms with van der Waals surface area (Å²) in [6.07, 6.45) is 1.41. The molecule has 1 heterocycles. The first-order chi connectivity index (χ1) is 12.8. The van der Waals surface area contributed by atoms with Gasteiger partial charge < -0.3 is 20.1 Å². The van der Waals surface area contributed by atoms with Crippen LogP contribution < -0.4 is 10.6 Å². The van der Waals surface area contributed by atoms with E-state index >= 15 is 0 Å². The van der Waals surface area contributed by atoms with Gasteiger partial charge in [0, 0.05) is 6.54 Å². The molecular weight excluding hydrogens is 366 g/mol. The Labute approximate surface area is 163 Å². The minimum Gasteiger partial charge on any atom is -0.458 e. The number of carbonyl (C=O) groups excluding carboxylic acids is 2. The fourth-order valence-electron chi connectivity index (χ4n) is 2.44. The summed E-state index contributed by atoms with van der Waals surface area (Å²) < 4.78 is 11.1. The highest BCUT2D eigenvalue weighted by molar-refractivity contribution is 7.22. The zero-order valence-corrected chi connectivity index (χ0v) is 17.0. The number of anilines is 1. The van der Waals surface area contributed by atoms with Crippen molar-refractivity contribution in [1.29, 1.82) is 0 Å². The second kappa shape index (κ2) is 9.55. The Morgan fingerprint density at radius 2 is 1.96 bits per heavy atom. The van der Waals surface area contributed by atoms with Crippen molar-refractivity contribution in [2.24, 2.45) is 0 Å². The maximum absolute atomic E-state index is 12.3. The minimum absolute atomic E-state index is 0.452. The smallest absolute Gasteiger partial charge is 0.407 e. The number of alkyl carbamates (subject to hydrolysis) is 1.